The largest absolute Gasteiger partial charge is 0.439 e. The molecule has 0 spiro atoms. The quantitative estimate of drug-likeness (QED) is 0.273. The third-order valence-corrected chi connectivity index (χ3v) is 6.30. The summed E-state index contributed by atoms with van der Waals surface area (Å²) in [5.41, 5.74) is -5.94. The van der Waals surface area contributed by atoms with E-state index >= 15 is 0 Å². The van der Waals surface area contributed by atoms with Gasteiger partial charge in [0.1, 0.15) is 12.2 Å². The molecule has 3 aromatic heterocycles. The van der Waals surface area contributed by atoms with Gasteiger partial charge in [0.05, 0.1) is 22.0 Å². The van der Waals surface area contributed by atoms with Gasteiger partial charge in [-0.3, -0.25) is 9.59 Å². The number of aromatic nitrogens is 7. The summed E-state index contributed by atoms with van der Waals surface area (Å²) in [6.45, 7) is 0.799. The van der Waals surface area contributed by atoms with Crippen LogP contribution < -0.4 is 10.6 Å². The van der Waals surface area contributed by atoms with Crippen LogP contribution in [0.5, 0.6) is 0 Å². The molecule has 1 aromatic carbocycles. The van der Waals surface area contributed by atoms with Crippen LogP contribution in [0.3, 0.4) is 0 Å². The number of nitrogens with one attached hydrogen (secondary N) is 2. The lowest BCUT2D eigenvalue weighted by atomic mass is 10.1. The molecule has 2 N–H and O–H groups in total. The lowest BCUT2D eigenvalue weighted by molar-refractivity contribution is -0.351. The van der Waals surface area contributed by atoms with Gasteiger partial charge in [-0.25, -0.2) is 14.1 Å². The van der Waals surface area contributed by atoms with Crippen LogP contribution in [0.15, 0.2) is 36.5 Å². The van der Waals surface area contributed by atoms with Gasteiger partial charge in [-0.15, -0.1) is 10.2 Å². The molecule has 0 unspecified atom stereocenters. The lowest BCUT2D eigenvalue weighted by Gasteiger charge is -2.26. The second-order valence-electron chi connectivity index (χ2n) is 8.72. The van der Waals surface area contributed by atoms with E-state index < -0.39 is 42.2 Å². The van der Waals surface area contributed by atoms with Crippen molar-refractivity contribution in [1.82, 2.24) is 40.3 Å². The Labute approximate surface area is 246 Å². The number of nitrogens with zero attached hydrogens (tertiary/aromatic N) is 7. The zero-order valence-corrected chi connectivity index (χ0v) is 23.0. The zero-order chi connectivity index (χ0) is 31.9. The van der Waals surface area contributed by atoms with Gasteiger partial charge in [-0.05, 0) is 48.0 Å². The summed E-state index contributed by atoms with van der Waals surface area (Å²) in [4.78, 5) is 30.2. The molecule has 0 aliphatic carbocycles. The second-order valence-corrected chi connectivity index (χ2v) is 9.56. The van der Waals surface area contributed by atoms with E-state index in [0.29, 0.717) is 5.56 Å². The molecule has 228 valence electrons. The van der Waals surface area contributed by atoms with E-state index in [1.54, 1.807) is 6.92 Å². The van der Waals surface area contributed by atoms with Crippen molar-refractivity contribution in [3.05, 3.63) is 74.9 Å². The summed E-state index contributed by atoms with van der Waals surface area (Å²) in [6.07, 6.45) is -11.6. The van der Waals surface area contributed by atoms with Gasteiger partial charge in [0.15, 0.2) is 5.82 Å². The number of halogens is 9. The molecule has 0 saturated heterocycles. The number of benzene rings is 1. The molecule has 0 atom stereocenters. The number of hydrogen-bond acceptors (Lipinski definition) is 7. The minimum atomic E-state index is -6.45. The topological polar surface area (TPSA) is 133 Å². The smallest absolute Gasteiger partial charge is 0.355 e. The van der Waals surface area contributed by atoms with Gasteiger partial charge in [0.2, 0.25) is 5.82 Å². The van der Waals surface area contributed by atoms with Crippen LogP contribution in [0.1, 0.15) is 37.9 Å². The number of hydrogen-bond donors (Lipinski definition) is 2. The van der Waals surface area contributed by atoms with Crippen molar-refractivity contribution in [2.24, 2.45) is 0 Å². The van der Waals surface area contributed by atoms with E-state index in [2.05, 4.69) is 36.1 Å². The molecule has 0 radical (unpaired) electrons. The highest BCUT2D eigenvalue weighted by atomic mass is 35.5. The Morgan fingerprint density at radius 1 is 0.977 bits per heavy atom. The molecule has 0 aliphatic heterocycles. The highest BCUT2D eigenvalue weighted by Gasteiger charge is 2.76. The Morgan fingerprint density at radius 3 is 2.26 bits per heavy atom. The van der Waals surface area contributed by atoms with Crippen LogP contribution in [0, 0.1) is 6.92 Å². The Hall–Kier alpha value is -4.32. The first-order valence-electron chi connectivity index (χ1n) is 11.6. The van der Waals surface area contributed by atoms with E-state index in [-0.39, 0.29) is 43.3 Å². The molecule has 3 heterocycles. The highest BCUT2D eigenvalue weighted by molar-refractivity contribution is 6.32. The number of amides is 2. The monoisotopic (exact) mass is 653 g/mol. The first-order chi connectivity index (χ1) is 20.0. The Kier molecular flexibility index (Phi) is 8.38. The van der Waals surface area contributed by atoms with Crippen molar-refractivity contribution in [3.63, 3.8) is 0 Å². The SMILES string of the molecule is CNC(=O)c1cc(Cl)cc(C)c1NC(=O)c1cc(Cn2nnc(C(F)(C(F)(F)F)C(F)(F)F)n2)nn1-c1ncccc1Cl. The summed E-state index contributed by atoms with van der Waals surface area (Å²) < 4.78 is 93.9. The number of carbonyl (C=O) groups is 2. The maximum absolute atomic E-state index is 14.3. The molecule has 0 fully saturated rings. The fraction of sp³-hybridized carbons (Fsp3) is 0.261. The molecule has 4 rings (SSSR count). The van der Waals surface area contributed by atoms with Crippen LogP contribution in [0.25, 0.3) is 5.82 Å². The molecule has 20 heteroatoms. The zero-order valence-electron chi connectivity index (χ0n) is 21.5. The Morgan fingerprint density at radius 2 is 1.65 bits per heavy atom. The number of alkyl halides is 7. The maximum atomic E-state index is 14.3. The molecule has 0 saturated carbocycles. The average Bonchev–Trinajstić information content (AvgIpc) is 3.55. The summed E-state index contributed by atoms with van der Waals surface area (Å²) >= 11 is 12.3. The standard InChI is InChI=1S/C23H16Cl2F7N9O2/c1-10-6-11(24)7-13(18(42)33-2)16(10)35-19(43)15-8-12(37-41(15)17-14(25)4-3-5-34-17)9-40-38-20(36-39-40)21(26,22(27,28)29)23(30,31)32/h3-8H,9H2,1-2H3,(H,33,42)(H,35,43). The van der Waals surface area contributed by atoms with E-state index in [4.69, 9.17) is 23.2 Å². The Balaban J connectivity index is 1.76. The van der Waals surface area contributed by atoms with Gasteiger partial charge in [-0.1, -0.05) is 23.2 Å². The minimum Gasteiger partial charge on any atom is -0.355 e. The van der Waals surface area contributed by atoms with Crippen LogP contribution in [0.4, 0.5) is 36.4 Å². The Bertz CT molecular complexity index is 1690. The fourth-order valence-corrected chi connectivity index (χ4v) is 4.25. The third-order valence-electron chi connectivity index (χ3n) is 5.79. The van der Waals surface area contributed by atoms with Gasteiger partial charge < -0.3 is 10.6 Å². The molecule has 0 bridgehead atoms. The van der Waals surface area contributed by atoms with Crippen molar-refractivity contribution in [1.29, 1.82) is 0 Å². The normalized spacial score (nSPS) is 12.3. The predicted octanol–water partition coefficient (Wildman–Crippen LogP) is 4.82. The van der Waals surface area contributed by atoms with Crippen molar-refractivity contribution >= 4 is 40.7 Å². The molecule has 4 aromatic rings. The highest BCUT2D eigenvalue weighted by Crippen LogP contribution is 2.51. The number of aryl methyl sites for hydroxylation is 1. The van der Waals surface area contributed by atoms with Crippen LogP contribution >= 0.6 is 23.2 Å². The summed E-state index contributed by atoms with van der Waals surface area (Å²) in [5, 5.41) is 18.0. The van der Waals surface area contributed by atoms with Crippen LogP contribution in [-0.2, 0) is 12.2 Å². The van der Waals surface area contributed by atoms with Crippen LogP contribution in [0.2, 0.25) is 10.0 Å². The third kappa shape index (κ3) is 5.96. The summed E-state index contributed by atoms with van der Waals surface area (Å²) in [6, 6.07) is 6.73. The van der Waals surface area contributed by atoms with E-state index in [1.165, 1.54) is 37.5 Å². The first-order valence-corrected chi connectivity index (χ1v) is 12.4. The van der Waals surface area contributed by atoms with Gasteiger partial charge in [-0.2, -0.15) is 36.2 Å². The van der Waals surface area contributed by atoms with Crippen molar-refractivity contribution < 1.29 is 40.3 Å². The van der Waals surface area contributed by atoms with Crippen molar-refractivity contribution in [2.45, 2.75) is 31.5 Å². The van der Waals surface area contributed by atoms with Gasteiger partial charge in [0.25, 0.3) is 11.8 Å². The van der Waals surface area contributed by atoms with Crippen LogP contribution in [-0.4, -0.2) is 66.2 Å². The molecule has 11 nitrogen and oxygen atoms in total. The lowest BCUT2D eigenvalue weighted by Crippen LogP contribution is -2.51. The maximum Gasteiger partial charge on any atom is 0.439 e. The number of tetrazole rings is 1. The van der Waals surface area contributed by atoms with Gasteiger partial charge in [0, 0.05) is 18.3 Å². The molecular formula is C23H16Cl2F7N9O2. The van der Waals surface area contributed by atoms with E-state index in [0.717, 1.165) is 10.7 Å². The first kappa shape index (κ1) is 31.6. The van der Waals surface area contributed by atoms with E-state index in [1.807, 2.05) is 0 Å². The second kappa shape index (κ2) is 11.4. The van der Waals surface area contributed by atoms with Gasteiger partial charge >= 0.3 is 18.0 Å². The summed E-state index contributed by atoms with van der Waals surface area (Å²) in [7, 11) is 1.36. The molecule has 43 heavy (non-hydrogen) atoms. The molecule has 2 amide bonds. The predicted molar refractivity (Wildman–Crippen MR) is 136 cm³/mol. The molecule has 0 aliphatic rings. The fourth-order valence-electron chi connectivity index (χ4n) is 3.77. The number of rotatable bonds is 7. The average molecular weight is 654 g/mol. The number of pyridine rings is 1. The number of carbonyl (C=O) groups excluding carboxylic acids is 2. The number of anilines is 1. The van der Waals surface area contributed by atoms with Crippen molar-refractivity contribution in [3.8, 4) is 5.82 Å². The van der Waals surface area contributed by atoms with Crippen molar-refractivity contribution in [2.75, 3.05) is 12.4 Å². The minimum absolute atomic E-state index is 0.00124. The van der Waals surface area contributed by atoms with E-state index in [9.17, 15) is 40.3 Å². The summed E-state index contributed by atoms with van der Waals surface area (Å²) in [5.74, 6) is -3.86. The molecular weight excluding hydrogens is 638 g/mol.